The molecule has 6 nitrogen and oxygen atoms in total. The van der Waals surface area contributed by atoms with Gasteiger partial charge in [0.2, 0.25) is 9.37 Å². The summed E-state index contributed by atoms with van der Waals surface area (Å²) in [5.74, 6) is -0.504. The number of hydrogen-bond acceptors (Lipinski definition) is 8. The zero-order chi connectivity index (χ0) is 22.2. The van der Waals surface area contributed by atoms with Gasteiger partial charge in [0.1, 0.15) is 0 Å². The van der Waals surface area contributed by atoms with E-state index in [-0.39, 0.29) is 17.4 Å². The van der Waals surface area contributed by atoms with Crippen molar-refractivity contribution >= 4 is 67.6 Å². The van der Waals surface area contributed by atoms with Gasteiger partial charge in [-0.25, -0.2) is 9.80 Å². The zero-order valence-electron chi connectivity index (χ0n) is 17.2. The molecular formula is C22H20BrN3O3S2. The first kappa shape index (κ1) is 22.0. The Labute approximate surface area is 197 Å². The summed E-state index contributed by atoms with van der Waals surface area (Å²) in [5.41, 5.74) is 2.51. The first-order valence-corrected chi connectivity index (χ1v) is 12.1. The Balaban J connectivity index is 1.89. The van der Waals surface area contributed by atoms with Crippen LogP contribution in [-0.2, 0) is 14.3 Å². The van der Waals surface area contributed by atoms with Crippen LogP contribution < -0.4 is 9.91 Å². The molecule has 2 aromatic rings. The lowest BCUT2D eigenvalue weighted by atomic mass is 10.2. The van der Waals surface area contributed by atoms with Crippen molar-refractivity contribution in [2.45, 2.75) is 25.1 Å². The van der Waals surface area contributed by atoms with E-state index in [1.807, 2.05) is 61.5 Å². The lowest BCUT2D eigenvalue weighted by Gasteiger charge is -2.41. The third-order valence-corrected chi connectivity index (χ3v) is 8.23. The average Bonchev–Trinajstić information content (AvgIpc) is 3.27. The number of ketones is 1. The highest BCUT2D eigenvalue weighted by molar-refractivity contribution is 9.10. The highest BCUT2D eigenvalue weighted by atomic mass is 79.9. The number of Topliss-reactive ketones (excluding diaryl/α,β-unsaturated/α-hetero) is 1. The molecule has 4 rings (SSSR count). The summed E-state index contributed by atoms with van der Waals surface area (Å²) in [4.78, 5) is 27.9. The molecule has 0 N–H and O–H groups in total. The van der Waals surface area contributed by atoms with E-state index in [0.717, 1.165) is 21.5 Å². The highest BCUT2D eigenvalue weighted by Gasteiger charge is 2.57. The fraction of sp³-hybridized carbons (Fsp3) is 0.227. The standard InChI is InChI=1S/C22H20BrN3O3S2/c1-4-29-21(28)20-24-26(18-12-10-16(23)11-13-18)22(31-20)25(17-8-6-5-7-9-17)14(2)19(30-22)15(3)27/h5-13H,4H2,1-3H3/t22-/m1/s1. The van der Waals surface area contributed by atoms with Crippen LogP contribution in [0.4, 0.5) is 11.4 Å². The number of ether oxygens (including phenoxy) is 1. The number of para-hydroxylation sites is 1. The van der Waals surface area contributed by atoms with E-state index in [1.54, 1.807) is 18.9 Å². The van der Waals surface area contributed by atoms with Crippen LogP contribution in [0.3, 0.4) is 0 Å². The molecule has 2 aliphatic rings. The lowest BCUT2D eigenvalue weighted by Crippen LogP contribution is -2.49. The Morgan fingerprint density at radius 3 is 2.35 bits per heavy atom. The van der Waals surface area contributed by atoms with Gasteiger partial charge in [0.15, 0.2) is 5.78 Å². The normalized spacial score (nSPS) is 20.5. The number of thioether (sulfide) groups is 2. The second kappa shape index (κ2) is 8.72. The number of carbonyl (C=O) groups excluding carboxylic acids is 2. The number of nitrogens with zero attached hydrogens (tertiary/aromatic N) is 3. The van der Waals surface area contributed by atoms with E-state index in [9.17, 15) is 9.59 Å². The van der Waals surface area contributed by atoms with Crippen molar-refractivity contribution in [1.82, 2.24) is 0 Å². The second-order valence-electron chi connectivity index (χ2n) is 6.81. The number of allylic oxidation sites excluding steroid dienone is 2. The van der Waals surface area contributed by atoms with Gasteiger partial charge in [-0.3, -0.25) is 4.79 Å². The molecule has 160 valence electrons. The van der Waals surface area contributed by atoms with Crippen LogP contribution in [-0.4, -0.2) is 27.7 Å². The summed E-state index contributed by atoms with van der Waals surface area (Å²) in [6.07, 6.45) is 0. The molecule has 0 aliphatic carbocycles. The molecule has 0 unspecified atom stereocenters. The molecule has 1 atom stereocenters. The van der Waals surface area contributed by atoms with E-state index in [4.69, 9.17) is 4.74 Å². The van der Waals surface area contributed by atoms with Gasteiger partial charge in [0.25, 0.3) is 0 Å². The predicted molar refractivity (Wildman–Crippen MR) is 131 cm³/mol. The molecule has 2 heterocycles. The third-order valence-electron chi connectivity index (χ3n) is 4.73. The van der Waals surface area contributed by atoms with Crippen molar-refractivity contribution in [3.63, 3.8) is 0 Å². The fourth-order valence-corrected chi connectivity index (χ4v) is 6.67. The molecule has 1 spiro atoms. The number of rotatable bonds is 5. The zero-order valence-corrected chi connectivity index (χ0v) is 20.4. The Bertz CT molecular complexity index is 1090. The van der Waals surface area contributed by atoms with Gasteiger partial charge in [-0.05, 0) is 68.9 Å². The van der Waals surface area contributed by atoms with Crippen LogP contribution in [0, 0.1) is 0 Å². The molecule has 0 bridgehead atoms. The fourth-order valence-electron chi connectivity index (χ4n) is 3.45. The van der Waals surface area contributed by atoms with E-state index >= 15 is 0 Å². The molecule has 0 amide bonds. The van der Waals surface area contributed by atoms with Crippen LogP contribution >= 0.6 is 39.5 Å². The number of hydrazone groups is 1. The Morgan fingerprint density at radius 1 is 1.06 bits per heavy atom. The molecule has 2 aliphatic heterocycles. The largest absolute Gasteiger partial charge is 0.461 e. The third kappa shape index (κ3) is 3.90. The molecule has 31 heavy (non-hydrogen) atoms. The average molecular weight is 518 g/mol. The number of esters is 1. The topological polar surface area (TPSA) is 62.2 Å². The summed E-state index contributed by atoms with van der Waals surface area (Å²) in [7, 11) is 0. The van der Waals surface area contributed by atoms with Crippen molar-refractivity contribution < 1.29 is 14.3 Å². The van der Waals surface area contributed by atoms with Crippen LogP contribution in [0.15, 0.2) is 74.8 Å². The summed E-state index contributed by atoms with van der Waals surface area (Å²) >= 11 is 6.15. The lowest BCUT2D eigenvalue weighted by molar-refractivity contribution is -0.134. The molecular weight excluding hydrogens is 498 g/mol. The maximum Gasteiger partial charge on any atom is 0.365 e. The van der Waals surface area contributed by atoms with Crippen LogP contribution in [0.2, 0.25) is 0 Å². The minimum Gasteiger partial charge on any atom is -0.461 e. The second-order valence-corrected chi connectivity index (χ2v) is 10.3. The maximum absolute atomic E-state index is 12.6. The molecule has 0 radical (unpaired) electrons. The summed E-state index contributed by atoms with van der Waals surface area (Å²) < 4.78 is 5.26. The summed E-state index contributed by atoms with van der Waals surface area (Å²) in [6, 6.07) is 17.5. The minimum atomic E-state index is -0.914. The van der Waals surface area contributed by atoms with Gasteiger partial charge < -0.3 is 9.64 Å². The van der Waals surface area contributed by atoms with Crippen molar-refractivity contribution in [3.8, 4) is 0 Å². The molecule has 0 fully saturated rings. The monoisotopic (exact) mass is 517 g/mol. The van der Waals surface area contributed by atoms with Crippen molar-refractivity contribution in [1.29, 1.82) is 0 Å². The number of benzene rings is 2. The van der Waals surface area contributed by atoms with Gasteiger partial charge in [-0.1, -0.05) is 45.9 Å². The first-order valence-electron chi connectivity index (χ1n) is 9.64. The van der Waals surface area contributed by atoms with Gasteiger partial charge in [0.05, 0.1) is 17.2 Å². The highest BCUT2D eigenvalue weighted by Crippen LogP contribution is 2.60. The van der Waals surface area contributed by atoms with Gasteiger partial charge in [-0.15, -0.1) is 0 Å². The quantitative estimate of drug-likeness (QED) is 0.480. The smallest absolute Gasteiger partial charge is 0.365 e. The molecule has 0 saturated heterocycles. The SMILES string of the molecule is CCOC(=O)C1=NN(c2ccc(Br)cc2)[C@@]2(S1)SC(C(C)=O)=C(C)N2c1ccccc1. The van der Waals surface area contributed by atoms with Gasteiger partial charge in [0, 0.05) is 15.9 Å². The van der Waals surface area contributed by atoms with Gasteiger partial charge >= 0.3 is 5.97 Å². The van der Waals surface area contributed by atoms with Crippen molar-refractivity contribution in [2.24, 2.45) is 5.10 Å². The van der Waals surface area contributed by atoms with E-state index in [1.165, 1.54) is 23.5 Å². The van der Waals surface area contributed by atoms with E-state index in [2.05, 4.69) is 25.9 Å². The van der Waals surface area contributed by atoms with E-state index < -0.39 is 10.3 Å². The molecule has 0 aromatic heterocycles. The number of halogens is 1. The molecule has 0 saturated carbocycles. The Morgan fingerprint density at radius 2 is 1.74 bits per heavy atom. The van der Waals surface area contributed by atoms with Crippen molar-refractivity contribution in [3.05, 3.63) is 69.7 Å². The predicted octanol–water partition coefficient (Wildman–Crippen LogP) is 5.56. The summed E-state index contributed by atoms with van der Waals surface area (Å²) in [6.45, 7) is 5.51. The number of hydrogen-bond donors (Lipinski definition) is 0. The molecule has 2 aromatic carbocycles. The Hall–Kier alpha value is -2.23. The Kier molecular flexibility index (Phi) is 6.18. The van der Waals surface area contributed by atoms with Crippen LogP contribution in [0.1, 0.15) is 20.8 Å². The minimum absolute atomic E-state index is 0.0266. The summed E-state index contributed by atoms with van der Waals surface area (Å²) in [5, 5.41) is 6.71. The van der Waals surface area contributed by atoms with Gasteiger partial charge in [-0.2, -0.15) is 5.10 Å². The van der Waals surface area contributed by atoms with Crippen molar-refractivity contribution in [2.75, 3.05) is 16.5 Å². The van der Waals surface area contributed by atoms with Crippen LogP contribution in [0.25, 0.3) is 0 Å². The number of anilines is 2. The maximum atomic E-state index is 12.6. The first-order chi connectivity index (χ1) is 14.9. The van der Waals surface area contributed by atoms with Crippen LogP contribution in [0.5, 0.6) is 0 Å². The number of carbonyl (C=O) groups is 2. The molecule has 9 heteroatoms. The van der Waals surface area contributed by atoms with E-state index in [0.29, 0.717) is 4.91 Å².